The lowest BCUT2D eigenvalue weighted by Gasteiger charge is -2.59. The van der Waals surface area contributed by atoms with Gasteiger partial charge in [-0.3, -0.25) is 9.59 Å². The Morgan fingerprint density at radius 1 is 0.849 bits per heavy atom. The number of imidazole rings is 1. The largest absolute Gasteiger partial charge is 0.460 e. The van der Waals surface area contributed by atoms with Crippen molar-refractivity contribution in [2.24, 2.45) is 22.7 Å². The lowest BCUT2D eigenvalue weighted by molar-refractivity contribution is -0.226. The topological polar surface area (TPSA) is 90.6 Å². The molecule has 7 heteroatoms. The molecule has 1 N–H and O–H groups in total. The second-order valence-electron chi connectivity index (χ2n) is 17.5. The van der Waals surface area contributed by atoms with Gasteiger partial charge in [-0.15, -0.1) is 0 Å². The van der Waals surface area contributed by atoms with Gasteiger partial charge in [0, 0.05) is 24.9 Å². The van der Waals surface area contributed by atoms with E-state index < -0.39 is 27.6 Å². The van der Waals surface area contributed by atoms with Crippen molar-refractivity contribution in [3.8, 4) is 0 Å². The van der Waals surface area contributed by atoms with E-state index in [2.05, 4.69) is 61.5 Å². The van der Waals surface area contributed by atoms with Gasteiger partial charge in [0.2, 0.25) is 0 Å². The standard InChI is InChI=1S/C41H62N2O5.5CH4/c1-8-34(43-22-21-42-29-43)17-20-39(7,36(45)47-37(3,4)5)19-16-33(32-13-11-10-12-14-32)15-18-38(6,9-2)35(44)48-41-26-30-23-31(27-41)25-40(46,24-30)28-41;;;;;/h10-14,21-22,29-31,33-34,46H,8-9,15-20,23-28H2,1-7H3;5*1H4. The van der Waals surface area contributed by atoms with E-state index in [9.17, 15) is 14.7 Å². The van der Waals surface area contributed by atoms with Crippen LogP contribution in [0.2, 0.25) is 0 Å². The maximum absolute atomic E-state index is 14.1. The zero-order valence-corrected chi connectivity index (χ0v) is 30.8. The molecule has 2 aromatic rings. The molecule has 1 aromatic carbocycles. The predicted molar refractivity (Wildman–Crippen MR) is 223 cm³/mol. The van der Waals surface area contributed by atoms with Crippen LogP contribution in [0, 0.1) is 22.7 Å². The first-order chi connectivity index (χ1) is 22.6. The molecule has 4 bridgehead atoms. The molecular formula is C46H82N2O5. The molecule has 7 nitrogen and oxygen atoms in total. The number of aromatic nitrogens is 2. The number of nitrogens with zero attached hydrogens (tertiary/aromatic N) is 2. The van der Waals surface area contributed by atoms with Gasteiger partial charge in [0.05, 0.1) is 22.8 Å². The summed E-state index contributed by atoms with van der Waals surface area (Å²) >= 11 is 0. The molecule has 4 aliphatic carbocycles. The minimum absolute atomic E-state index is 0. The normalized spacial score (nSPS) is 26.0. The minimum Gasteiger partial charge on any atom is -0.460 e. The fraction of sp³-hybridized carbons (Fsp3) is 0.761. The molecule has 6 rings (SSSR count). The number of rotatable bonds is 16. The molecule has 0 aliphatic heterocycles. The van der Waals surface area contributed by atoms with E-state index in [1.807, 2.05) is 45.6 Å². The van der Waals surface area contributed by atoms with Crippen LogP contribution in [-0.4, -0.2) is 43.4 Å². The number of carbonyl (C=O) groups excluding carboxylic acids is 2. The highest BCUT2D eigenvalue weighted by atomic mass is 16.6. The molecule has 4 saturated carbocycles. The second kappa shape index (κ2) is 19.8. The van der Waals surface area contributed by atoms with Gasteiger partial charge in [-0.05, 0) is 141 Å². The van der Waals surface area contributed by atoms with Crippen LogP contribution in [0.25, 0.3) is 0 Å². The fourth-order valence-electron chi connectivity index (χ4n) is 9.45. The van der Waals surface area contributed by atoms with Crippen molar-refractivity contribution in [1.82, 2.24) is 9.55 Å². The third kappa shape index (κ3) is 12.2. The summed E-state index contributed by atoms with van der Waals surface area (Å²) in [6.07, 6.45) is 17.2. The Hall–Kier alpha value is -2.67. The zero-order chi connectivity index (χ0) is 34.8. The maximum atomic E-state index is 14.1. The van der Waals surface area contributed by atoms with Crippen LogP contribution in [-0.2, 0) is 19.1 Å². The Kier molecular flexibility index (Phi) is 18.8. The van der Waals surface area contributed by atoms with Gasteiger partial charge < -0.3 is 19.1 Å². The Bertz CT molecular complexity index is 1350. The lowest BCUT2D eigenvalue weighted by Crippen LogP contribution is -2.61. The van der Waals surface area contributed by atoms with Crippen molar-refractivity contribution >= 4 is 11.9 Å². The summed E-state index contributed by atoms with van der Waals surface area (Å²) in [7, 11) is 0. The molecule has 0 spiro atoms. The first kappa shape index (κ1) is 50.3. The Morgan fingerprint density at radius 2 is 1.42 bits per heavy atom. The number of esters is 2. The van der Waals surface area contributed by atoms with Gasteiger partial charge in [0.25, 0.3) is 0 Å². The van der Waals surface area contributed by atoms with E-state index in [4.69, 9.17) is 9.47 Å². The van der Waals surface area contributed by atoms with Crippen molar-refractivity contribution in [3.63, 3.8) is 0 Å². The van der Waals surface area contributed by atoms with Gasteiger partial charge in [-0.25, -0.2) is 4.98 Å². The molecule has 6 unspecified atom stereocenters. The molecular weight excluding hydrogens is 661 g/mol. The van der Waals surface area contributed by atoms with E-state index in [1.165, 1.54) is 5.56 Å². The monoisotopic (exact) mass is 743 g/mol. The second-order valence-corrected chi connectivity index (χ2v) is 17.5. The summed E-state index contributed by atoms with van der Waals surface area (Å²) in [6.45, 7) is 14.2. The van der Waals surface area contributed by atoms with E-state index in [0.29, 0.717) is 37.5 Å². The van der Waals surface area contributed by atoms with Gasteiger partial charge in [0.1, 0.15) is 11.2 Å². The van der Waals surface area contributed by atoms with Crippen LogP contribution in [0.5, 0.6) is 0 Å². The highest BCUT2D eigenvalue weighted by molar-refractivity contribution is 5.77. The Balaban J connectivity index is 0.00000541. The van der Waals surface area contributed by atoms with Gasteiger partial charge in [-0.2, -0.15) is 0 Å². The third-order valence-corrected chi connectivity index (χ3v) is 12.3. The van der Waals surface area contributed by atoms with Gasteiger partial charge in [0.15, 0.2) is 0 Å². The number of ether oxygens (including phenoxy) is 2. The van der Waals surface area contributed by atoms with Crippen LogP contribution in [0.4, 0.5) is 0 Å². The average Bonchev–Trinajstić information content (AvgIpc) is 3.54. The smallest absolute Gasteiger partial charge is 0.312 e. The molecule has 1 aromatic heterocycles. The Morgan fingerprint density at radius 3 is 1.91 bits per heavy atom. The van der Waals surface area contributed by atoms with E-state index in [-0.39, 0.29) is 61.0 Å². The van der Waals surface area contributed by atoms with Crippen LogP contribution < -0.4 is 0 Å². The van der Waals surface area contributed by atoms with Crippen LogP contribution >= 0.6 is 0 Å². The number of carbonyl (C=O) groups is 2. The SMILES string of the molecule is C.C.C.C.C.CCC(CCC(C)(CCC(CCC(C)(CC)C(=O)OC12CC3CC(CC(O)(C3)C1)C2)c1ccccc1)C(=O)OC(C)(C)C)n1ccnc1. The van der Waals surface area contributed by atoms with Gasteiger partial charge in [-0.1, -0.05) is 81.3 Å². The quantitative estimate of drug-likeness (QED) is 0.172. The van der Waals surface area contributed by atoms with Crippen molar-refractivity contribution in [3.05, 3.63) is 54.6 Å². The molecule has 53 heavy (non-hydrogen) atoms. The summed E-state index contributed by atoms with van der Waals surface area (Å²) in [6, 6.07) is 10.8. The minimum atomic E-state index is -0.665. The molecule has 0 saturated heterocycles. The Labute approximate surface area is 326 Å². The molecule has 1 heterocycles. The molecule has 6 atom stereocenters. The number of aliphatic hydroxyl groups is 1. The van der Waals surface area contributed by atoms with Crippen LogP contribution in [0.3, 0.4) is 0 Å². The van der Waals surface area contributed by atoms with E-state index >= 15 is 0 Å². The van der Waals surface area contributed by atoms with Crippen molar-refractivity contribution in [1.29, 1.82) is 0 Å². The van der Waals surface area contributed by atoms with E-state index in [1.54, 1.807) is 0 Å². The third-order valence-electron chi connectivity index (χ3n) is 12.3. The summed E-state index contributed by atoms with van der Waals surface area (Å²) in [5.41, 5.74) is -1.77. The average molecular weight is 743 g/mol. The number of hydrogen-bond donors (Lipinski definition) is 1. The van der Waals surface area contributed by atoms with Crippen molar-refractivity contribution in [2.45, 2.75) is 204 Å². The lowest BCUT2D eigenvalue weighted by atomic mass is 9.52. The first-order valence-electron chi connectivity index (χ1n) is 18.8. The van der Waals surface area contributed by atoms with Crippen LogP contribution in [0.15, 0.2) is 49.1 Å². The summed E-state index contributed by atoms with van der Waals surface area (Å²) in [4.78, 5) is 32.2. The highest BCUT2D eigenvalue weighted by Gasteiger charge is 2.59. The molecule has 0 amide bonds. The summed E-state index contributed by atoms with van der Waals surface area (Å²) in [5, 5.41) is 11.3. The summed E-state index contributed by atoms with van der Waals surface area (Å²) in [5.74, 6) is 0.868. The molecule has 0 radical (unpaired) electrons. The highest BCUT2D eigenvalue weighted by Crippen LogP contribution is 2.59. The van der Waals surface area contributed by atoms with Crippen molar-refractivity contribution in [2.75, 3.05) is 0 Å². The van der Waals surface area contributed by atoms with Crippen LogP contribution in [0.1, 0.15) is 193 Å². The van der Waals surface area contributed by atoms with Gasteiger partial charge >= 0.3 is 11.9 Å². The molecule has 4 fully saturated rings. The number of hydrogen-bond acceptors (Lipinski definition) is 6. The first-order valence-corrected chi connectivity index (χ1v) is 18.8. The van der Waals surface area contributed by atoms with Crippen molar-refractivity contribution < 1.29 is 24.2 Å². The fourth-order valence-corrected chi connectivity index (χ4v) is 9.45. The number of benzene rings is 1. The predicted octanol–water partition coefficient (Wildman–Crippen LogP) is 12.5. The van der Waals surface area contributed by atoms with E-state index in [0.717, 1.165) is 64.2 Å². The summed E-state index contributed by atoms with van der Waals surface area (Å²) < 4.78 is 14.7. The molecule has 306 valence electrons. The maximum Gasteiger partial charge on any atom is 0.312 e. The zero-order valence-electron chi connectivity index (χ0n) is 30.8. The molecule has 4 aliphatic rings.